The molecule has 2 aliphatic rings. The van der Waals surface area contributed by atoms with Crippen LogP contribution in [0, 0.1) is 5.92 Å². The molecule has 0 aromatic rings. The Bertz CT molecular complexity index is 427. The number of nitrogens with one attached hydrogen (secondary N) is 1. The highest BCUT2D eigenvalue weighted by molar-refractivity contribution is 7.91. The van der Waals surface area contributed by atoms with Gasteiger partial charge in [-0.25, -0.2) is 8.42 Å². The minimum atomic E-state index is -3.54. The normalized spacial score (nSPS) is 35.6. The first-order valence-corrected chi connectivity index (χ1v) is 7.09. The van der Waals surface area contributed by atoms with Crippen LogP contribution >= 0.6 is 0 Å². The molecular formula is C10H18N2O3S. The Labute approximate surface area is 95.8 Å². The maximum absolute atomic E-state index is 11.8. The number of carbonyl (C=O) groups is 1. The van der Waals surface area contributed by atoms with Crippen LogP contribution in [0.25, 0.3) is 0 Å². The van der Waals surface area contributed by atoms with Crippen molar-refractivity contribution in [3.8, 4) is 0 Å². The van der Waals surface area contributed by atoms with Gasteiger partial charge in [0.1, 0.15) is 0 Å². The van der Waals surface area contributed by atoms with Crippen molar-refractivity contribution in [1.29, 1.82) is 0 Å². The molecule has 2 aliphatic carbocycles. The van der Waals surface area contributed by atoms with Crippen LogP contribution in [0.4, 0.5) is 0 Å². The molecule has 0 heterocycles. The molecule has 0 aromatic heterocycles. The van der Waals surface area contributed by atoms with Crippen molar-refractivity contribution in [3.63, 3.8) is 0 Å². The third-order valence-corrected chi connectivity index (χ3v) is 6.06. The van der Waals surface area contributed by atoms with Gasteiger partial charge in [-0.1, -0.05) is 13.3 Å². The van der Waals surface area contributed by atoms with Crippen LogP contribution in [-0.4, -0.2) is 24.6 Å². The molecule has 92 valence electrons. The van der Waals surface area contributed by atoms with Crippen LogP contribution in [0.2, 0.25) is 0 Å². The number of nitrogens with two attached hydrogens (primary N) is 1. The Balaban J connectivity index is 2.04. The van der Waals surface area contributed by atoms with E-state index in [0.717, 1.165) is 6.42 Å². The van der Waals surface area contributed by atoms with Gasteiger partial charge in [0, 0.05) is 0 Å². The second-order valence-electron chi connectivity index (χ2n) is 5.23. The number of sulfonamides is 1. The Morgan fingerprint density at radius 3 is 2.44 bits per heavy atom. The quantitative estimate of drug-likeness (QED) is 0.737. The molecule has 0 spiro atoms. The summed E-state index contributed by atoms with van der Waals surface area (Å²) in [6.07, 6.45) is 2.62. The van der Waals surface area contributed by atoms with Crippen molar-refractivity contribution in [1.82, 2.24) is 4.72 Å². The Kier molecular flexibility index (Phi) is 2.37. The van der Waals surface area contributed by atoms with Gasteiger partial charge in [0.05, 0.1) is 10.3 Å². The van der Waals surface area contributed by atoms with Gasteiger partial charge in [-0.15, -0.1) is 0 Å². The fraction of sp³-hybridized carbons (Fsp3) is 0.900. The van der Waals surface area contributed by atoms with E-state index in [1.165, 1.54) is 0 Å². The highest BCUT2D eigenvalue weighted by atomic mass is 32.2. The van der Waals surface area contributed by atoms with Gasteiger partial charge in [-0.2, -0.15) is 0 Å². The molecule has 3 N–H and O–H groups in total. The lowest BCUT2D eigenvalue weighted by Crippen LogP contribution is -2.49. The maximum atomic E-state index is 11.8. The Hall–Kier alpha value is -0.620. The fourth-order valence-corrected chi connectivity index (χ4v) is 3.24. The molecule has 16 heavy (non-hydrogen) atoms. The zero-order valence-electron chi connectivity index (χ0n) is 9.62. The molecule has 6 heteroatoms. The lowest BCUT2D eigenvalue weighted by atomic mass is 10.2. The second-order valence-corrected chi connectivity index (χ2v) is 7.43. The van der Waals surface area contributed by atoms with Crippen LogP contribution < -0.4 is 10.5 Å². The standard InChI is InChI=1S/C10H18N2O3S/c1-3-7-6-10(7,11)8(13)12-16(14,15)9(2)4-5-9/h7H,3-6,11H2,1-2H3,(H,12,13)/t7-,10-/m1/s1. The SMILES string of the molecule is CC[C@@H]1C[C@]1(N)C(=O)NS(=O)(=O)C1(C)CC1. The minimum Gasteiger partial charge on any atom is -0.317 e. The van der Waals surface area contributed by atoms with Crippen molar-refractivity contribution in [3.05, 3.63) is 0 Å². The molecule has 0 aliphatic heterocycles. The average Bonchev–Trinajstić information content (AvgIpc) is 3.04. The number of carbonyl (C=O) groups excluding carboxylic acids is 1. The summed E-state index contributed by atoms with van der Waals surface area (Å²) in [5, 5.41) is 0. The number of rotatable bonds is 4. The molecule has 2 rings (SSSR count). The summed E-state index contributed by atoms with van der Waals surface area (Å²) in [6.45, 7) is 3.60. The van der Waals surface area contributed by atoms with Gasteiger partial charge in [-0.3, -0.25) is 9.52 Å². The van der Waals surface area contributed by atoms with Crippen LogP contribution in [-0.2, 0) is 14.8 Å². The highest BCUT2D eigenvalue weighted by Gasteiger charge is 2.59. The Morgan fingerprint density at radius 2 is 2.06 bits per heavy atom. The minimum absolute atomic E-state index is 0.120. The lowest BCUT2D eigenvalue weighted by Gasteiger charge is -2.15. The van der Waals surface area contributed by atoms with E-state index >= 15 is 0 Å². The number of amides is 1. The van der Waals surface area contributed by atoms with E-state index in [-0.39, 0.29) is 5.92 Å². The lowest BCUT2D eigenvalue weighted by molar-refractivity contribution is -0.121. The molecule has 1 amide bonds. The van der Waals surface area contributed by atoms with E-state index in [9.17, 15) is 13.2 Å². The predicted molar refractivity (Wildman–Crippen MR) is 60.0 cm³/mol. The monoisotopic (exact) mass is 246 g/mol. The van der Waals surface area contributed by atoms with Crippen molar-refractivity contribution in [2.75, 3.05) is 0 Å². The van der Waals surface area contributed by atoms with Gasteiger partial charge in [0.25, 0.3) is 5.91 Å². The third-order valence-electron chi connectivity index (χ3n) is 3.90. The first-order chi connectivity index (χ1) is 7.25. The molecule has 2 saturated carbocycles. The molecule has 2 atom stereocenters. The van der Waals surface area contributed by atoms with Gasteiger partial charge in [0.15, 0.2) is 0 Å². The molecule has 2 fully saturated rings. The van der Waals surface area contributed by atoms with Gasteiger partial charge < -0.3 is 5.73 Å². The molecule has 0 saturated heterocycles. The topological polar surface area (TPSA) is 89.3 Å². The molecule has 0 unspecified atom stereocenters. The van der Waals surface area contributed by atoms with Crippen molar-refractivity contribution in [2.24, 2.45) is 11.7 Å². The van der Waals surface area contributed by atoms with Crippen LogP contribution in [0.5, 0.6) is 0 Å². The highest BCUT2D eigenvalue weighted by Crippen LogP contribution is 2.45. The first kappa shape index (κ1) is 11.9. The van der Waals surface area contributed by atoms with Crippen molar-refractivity contribution >= 4 is 15.9 Å². The van der Waals surface area contributed by atoms with E-state index in [1.54, 1.807) is 6.92 Å². The van der Waals surface area contributed by atoms with Gasteiger partial charge >= 0.3 is 0 Å². The van der Waals surface area contributed by atoms with E-state index < -0.39 is 26.2 Å². The summed E-state index contributed by atoms with van der Waals surface area (Å²) in [5.74, 6) is -0.415. The average molecular weight is 246 g/mol. The number of hydrogen-bond acceptors (Lipinski definition) is 4. The summed E-state index contributed by atoms with van der Waals surface area (Å²) >= 11 is 0. The summed E-state index contributed by atoms with van der Waals surface area (Å²) in [4.78, 5) is 11.8. The van der Waals surface area contributed by atoms with E-state index in [0.29, 0.717) is 19.3 Å². The molecule has 0 bridgehead atoms. The molecule has 5 nitrogen and oxygen atoms in total. The zero-order chi connectivity index (χ0) is 12.2. The van der Waals surface area contributed by atoms with E-state index in [4.69, 9.17) is 5.73 Å². The summed E-state index contributed by atoms with van der Waals surface area (Å²) in [7, 11) is -3.54. The van der Waals surface area contributed by atoms with E-state index in [2.05, 4.69) is 4.72 Å². The summed E-state index contributed by atoms with van der Waals surface area (Å²) in [5.41, 5.74) is 4.89. The summed E-state index contributed by atoms with van der Waals surface area (Å²) in [6, 6.07) is 0. The number of hydrogen-bond donors (Lipinski definition) is 2. The maximum Gasteiger partial charge on any atom is 0.253 e. The molecule has 0 aromatic carbocycles. The second kappa shape index (κ2) is 3.20. The third kappa shape index (κ3) is 1.64. The van der Waals surface area contributed by atoms with Crippen molar-refractivity contribution < 1.29 is 13.2 Å². The molecule has 0 radical (unpaired) electrons. The summed E-state index contributed by atoms with van der Waals surface area (Å²) < 4.78 is 25.0. The Morgan fingerprint density at radius 1 is 1.50 bits per heavy atom. The van der Waals surface area contributed by atoms with Gasteiger partial charge in [0.2, 0.25) is 10.0 Å². The van der Waals surface area contributed by atoms with Gasteiger partial charge in [-0.05, 0) is 32.1 Å². The van der Waals surface area contributed by atoms with Crippen LogP contribution in [0.3, 0.4) is 0 Å². The zero-order valence-corrected chi connectivity index (χ0v) is 10.4. The first-order valence-electron chi connectivity index (χ1n) is 5.61. The fourth-order valence-electron chi connectivity index (χ4n) is 1.92. The van der Waals surface area contributed by atoms with E-state index in [1.807, 2.05) is 6.92 Å². The largest absolute Gasteiger partial charge is 0.317 e. The van der Waals surface area contributed by atoms with Crippen LogP contribution in [0.15, 0.2) is 0 Å². The smallest absolute Gasteiger partial charge is 0.253 e. The van der Waals surface area contributed by atoms with Crippen molar-refractivity contribution in [2.45, 2.75) is 49.8 Å². The predicted octanol–water partition coefficient (Wildman–Crippen LogP) is 0.112. The van der Waals surface area contributed by atoms with Crippen LogP contribution in [0.1, 0.15) is 39.5 Å². The molecular weight excluding hydrogens is 228 g/mol.